The third kappa shape index (κ3) is 5.32. The van der Waals surface area contributed by atoms with Crippen LogP contribution in [0.2, 0.25) is 0 Å². The smallest absolute Gasteiger partial charge is 0.331 e. The molecule has 1 heterocycles. The number of benzene rings is 3. The molecule has 4 rings (SSSR count). The summed E-state index contributed by atoms with van der Waals surface area (Å²) < 4.78 is 6.12. The summed E-state index contributed by atoms with van der Waals surface area (Å²) in [5.41, 5.74) is 3.51. The first kappa shape index (κ1) is 22.8. The zero-order chi connectivity index (χ0) is 23.4. The zero-order valence-corrected chi connectivity index (χ0v) is 19.4. The first-order valence-electron chi connectivity index (χ1n) is 10.3. The Morgan fingerprint density at radius 2 is 1.82 bits per heavy atom. The first-order valence-corrected chi connectivity index (χ1v) is 11.5. The highest BCUT2D eigenvalue weighted by Crippen LogP contribution is 2.38. The number of aliphatic carboxylic acids is 1. The fourth-order valence-electron chi connectivity index (χ4n) is 3.44. The van der Waals surface area contributed by atoms with Crippen molar-refractivity contribution in [2.45, 2.75) is 19.6 Å². The van der Waals surface area contributed by atoms with E-state index in [-0.39, 0.29) is 4.32 Å². The number of thiocarbonyl (C=S) groups is 1. The molecule has 1 aliphatic rings. The standard InChI is InChI=1S/C26H21NO4S2/c1-17-10-12-18(13-11-17)16-31-21-9-5-6-19(14-21)15-22-24(28)27(26(32)33-22)23(25(29)30)20-7-3-2-4-8-20/h2-15,23H,16H2,1H3,(H,29,30). The summed E-state index contributed by atoms with van der Waals surface area (Å²) >= 11 is 6.48. The summed E-state index contributed by atoms with van der Waals surface area (Å²) in [5.74, 6) is -0.884. The van der Waals surface area contributed by atoms with Crippen LogP contribution in [0.1, 0.15) is 28.3 Å². The van der Waals surface area contributed by atoms with Gasteiger partial charge >= 0.3 is 5.97 Å². The van der Waals surface area contributed by atoms with E-state index in [4.69, 9.17) is 17.0 Å². The highest BCUT2D eigenvalue weighted by Gasteiger charge is 2.41. The molecule has 1 unspecified atom stereocenters. The fraction of sp³-hybridized carbons (Fsp3) is 0.115. The summed E-state index contributed by atoms with van der Waals surface area (Å²) in [4.78, 5) is 26.7. The number of ether oxygens (including phenoxy) is 1. The molecule has 1 aliphatic heterocycles. The van der Waals surface area contributed by atoms with E-state index in [1.54, 1.807) is 36.4 Å². The second-order valence-corrected chi connectivity index (χ2v) is 9.23. The Bertz CT molecular complexity index is 1220. The predicted molar refractivity (Wildman–Crippen MR) is 134 cm³/mol. The van der Waals surface area contributed by atoms with Crippen LogP contribution < -0.4 is 4.74 Å². The van der Waals surface area contributed by atoms with Crippen LogP contribution in [0.3, 0.4) is 0 Å². The topological polar surface area (TPSA) is 66.8 Å². The van der Waals surface area contributed by atoms with Crippen molar-refractivity contribution in [3.8, 4) is 5.75 Å². The Hall–Kier alpha value is -3.42. The van der Waals surface area contributed by atoms with Crippen LogP contribution >= 0.6 is 24.0 Å². The molecular formula is C26H21NO4S2. The minimum absolute atomic E-state index is 0.217. The van der Waals surface area contributed by atoms with Gasteiger partial charge in [-0.15, -0.1) is 0 Å². The molecule has 3 aromatic carbocycles. The number of carboxylic acid groups (broad SMARTS) is 1. The Labute approximate surface area is 201 Å². The van der Waals surface area contributed by atoms with Crippen LogP contribution in [0.5, 0.6) is 5.75 Å². The monoisotopic (exact) mass is 475 g/mol. The SMILES string of the molecule is Cc1ccc(COc2cccc(C=C3SC(=S)N(C(C(=O)O)c4ccccc4)C3=O)c2)cc1. The summed E-state index contributed by atoms with van der Waals surface area (Å²) in [6.07, 6.45) is 1.71. The van der Waals surface area contributed by atoms with Crippen molar-refractivity contribution in [1.29, 1.82) is 0 Å². The van der Waals surface area contributed by atoms with E-state index in [9.17, 15) is 14.7 Å². The van der Waals surface area contributed by atoms with Gasteiger partial charge in [0.15, 0.2) is 6.04 Å². The lowest BCUT2D eigenvalue weighted by atomic mass is 10.1. The van der Waals surface area contributed by atoms with Gasteiger partial charge in [0.25, 0.3) is 5.91 Å². The molecule has 1 atom stereocenters. The van der Waals surface area contributed by atoms with Gasteiger partial charge in [-0.3, -0.25) is 9.69 Å². The fourth-order valence-corrected chi connectivity index (χ4v) is 4.75. The molecule has 0 aliphatic carbocycles. The molecule has 0 spiro atoms. The largest absolute Gasteiger partial charge is 0.489 e. The number of nitrogens with zero attached hydrogens (tertiary/aromatic N) is 1. The average molecular weight is 476 g/mol. The van der Waals surface area contributed by atoms with Gasteiger partial charge in [-0.2, -0.15) is 0 Å². The summed E-state index contributed by atoms with van der Waals surface area (Å²) in [6, 6.07) is 23.0. The maximum absolute atomic E-state index is 13.1. The highest BCUT2D eigenvalue weighted by atomic mass is 32.2. The molecule has 1 fully saturated rings. The number of rotatable bonds is 7. The van der Waals surface area contributed by atoms with Crippen LogP contribution in [-0.2, 0) is 16.2 Å². The zero-order valence-electron chi connectivity index (χ0n) is 17.8. The number of hydrogen-bond acceptors (Lipinski definition) is 5. The maximum atomic E-state index is 13.1. The first-order chi connectivity index (χ1) is 15.9. The van der Waals surface area contributed by atoms with Gasteiger partial charge in [-0.05, 0) is 41.8 Å². The van der Waals surface area contributed by atoms with Gasteiger partial charge in [0.2, 0.25) is 0 Å². The highest BCUT2D eigenvalue weighted by molar-refractivity contribution is 8.26. The molecule has 33 heavy (non-hydrogen) atoms. The van der Waals surface area contributed by atoms with Gasteiger partial charge < -0.3 is 9.84 Å². The molecule has 1 amide bonds. The number of carbonyl (C=O) groups excluding carboxylic acids is 1. The lowest BCUT2D eigenvalue weighted by molar-refractivity contribution is -0.145. The molecule has 166 valence electrons. The summed E-state index contributed by atoms with van der Waals surface area (Å²) in [6.45, 7) is 2.47. The second kappa shape index (κ2) is 10.0. The minimum Gasteiger partial charge on any atom is -0.489 e. The van der Waals surface area contributed by atoms with Crippen LogP contribution in [0.15, 0.2) is 83.8 Å². The predicted octanol–water partition coefficient (Wildman–Crippen LogP) is 5.60. The van der Waals surface area contributed by atoms with E-state index in [1.165, 1.54) is 10.5 Å². The van der Waals surface area contributed by atoms with Gasteiger partial charge in [0.05, 0.1) is 4.91 Å². The van der Waals surface area contributed by atoms with E-state index >= 15 is 0 Å². The van der Waals surface area contributed by atoms with Gasteiger partial charge in [-0.25, -0.2) is 4.79 Å². The van der Waals surface area contributed by atoms with Crippen molar-refractivity contribution in [1.82, 2.24) is 4.90 Å². The van der Waals surface area contributed by atoms with Gasteiger partial charge in [-0.1, -0.05) is 96.3 Å². The number of amides is 1. The number of aryl methyl sites for hydroxylation is 1. The maximum Gasteiger partial charge on any atom is 0.331 e. The minimum atomic E-state index is -1.17. The lowest BCUT2D eigenvalue weighted by Crippen LogP contribution is -2.37. The lowest BCUT2D eigenvalue weighted by Gasteiger charge is -2.23. The molecule has 3 aromatic rings. The van der Waals surface area contributed by atoms with Crippen LogP contribution in [0, 0.1) is 6.92 Å². The van der Waals surface area contributed by atoms with Crippen LogP contribution in [0.25, 0.3) is 6.08 Å². The van der Waals surface area contributed by atoms with E-state index in [1.807, 2.05) is 55.5 Å². The Morgan fingerprint density at radius 3 is 2.52 bits per heavy atom. The molecule has 0 saturated carbocycles. The molecule has 0 aromatic heterocycles. The van der Waals surface area contributed by atoms with Crippen molar-refractivity contribution in [3.63, 3.8) is 0 Å². The third-order valence-corrected chi connectivity index (χ3v) is 6.44. The van der Waals surface area contributed by atoms with E-state index < -0.39 is 17.9 Å². The molecular weight excluding hydrogens is 454 g/mol. The average Bonchev–Trinajstić information content (AvgIpc) is 3.07. The molecule has 5 nitrogen and oxygen atoms in total. The van der Waals surface area contributed by atoms with E-state index in [0.29, 0.717) is 22.8 Å². The third-order valence-electron chi connectivity index (χ3n) is 5.11. The number of hydrogen-bond donors (Lipinski definition) is 1. The second-order valence-electron chi connectivity index (χ2n) is 7.55. The van der Waals surface area contributed by atoms with Crippen LogP contribution in [-0.4, -0.2) is 26.2 Å². The van der Waals surface area contributed by atoms with Crippen molar-refractivity contribution >= 4 is 46.3 Å². The van der Waals surface area contributed by atoms with Gasteiger partial charge in [0, 0.05) is 0 Å². The van der Waals surface area contributed by atoms with Crippen molar-refractivity contribution in [2.75, 3.05) is 0 Å². The molecule has 0 bridgehead atoms. The summed E-state index contributed by atoms with van der Waals surface area (Å²) in [7, 11) is 0. The van der Waals surface area contributed by atoms with E-state index in [0.717, 1.165) is 22.9 Å². The normalized spacial score (nSPS) is 15.7. The Kier molecular flexibility index (Phi) is 6.91. The van der Waals surface area contributed by atoms with Crippen molar-refractivity contribution in [2.24, 2.45) is 0 Å². The number of thioether (sulfide) groups is 1. The molecule has 1 N–H and O–H groups in total. The number of carbonyl (C=O) groups is 2. The Morgan fingerprint density at radius 1 is 1.09 bits per heavy atom. The quantitative estimate of drug-likeness (QED) is 0.354. The summed E-state index contributed by atoms with van der Waals surface area (Å²) in [5, 5.41) is 9.80. The van der Waals surface area contributed by atoms with E-state index in [2.05, 4.69) is 0 Å². The molecule has 7 heteroatoms. The van der Waals surface area contributed by atoms with Crippen molar-refractivity contribution < 1.29 is 19.4 Å². The van der Waals surface area contributed by atoms with Crippen molar-refractivity contribution in [3.05, 3.63) is 106 Å². The molecule has 0 radical (unpaired) electrons. The Balaban J connectivity index is 1.53. The van der Waals surface area contributed by atoms with Gasteiger partial charge in [0.1, 0.15) is 16.7 Å². The number of carboxylic acids is 1. The molecule has 1 saturated heterocycles. The van der Waals surface area contributed by atoms with Crippen LogP contribution in [0.4, 0.5) is 0 Å².